The van der Waals surface area contributed by atoms with Crippen LogP contribution in [0.2, 0.25) is 0 Å². The minimum atomic E-state index is -1.01. The van der Waals surface area contributed by atoms with E-state index in [0.29, 0.717) is 6.54 Å². The Kier molecular flexibility index (Phi) is 5.59. The number of hydrogen-bond acceptors (Lipinski definition) is 3. The minimum Gasteiger partial charge on any atom is -0.480 e. The number of urea groups is 1. The van der Waals surface area contributed by atoms with Crippen molar-refractivity contribution >= 4 is 39.3 Å². The number of carbonyl (C=O) groups excluding carboxylic acids is 1. The summed E-state index contributed by atoms with van der Waals surface area (Å²) >= 11 is 4.92. The zero-order chi connectivity index (χ0) is 15.5. The zero-order valence-corrected chi connectivity index (χ0v) is 14.4. The number of aliphatic carboxylic acids is 1. The molecule has 0 spiro atoms. The Bertz CT molecular complexity index is 496. The number of halogens is 1. The minimum absolute atomic E-state index is 0.288. The molecule has 0 bridgehead atoms. The van der Waals surface area contributed by atoms with Gasteiger partial charge in [0.15, 0.2) is 0 Å². The third-order valence-corrected chi connectivity index (χ3v) is 4.36. The number of thiophene rings is 1. The molecule has 0 fully saturated rings. The quantitative estimate of drug-likeness (QED) is 0.893. The first-order valence-electron chi connectivity index (χ1n) is 6.08. The van der Waals surface area contributed by atoms with E-state index in [1.807, 2.05) is 32.2 Å². The SMILES string of the molecule is CN(Cc1cc(Br)cs1)C(=O)N(CC(=O)O)C(C)(C)C. The van der Waals surface area contributed by atoms with Gasteiger partial charge in [0, 0.05) is 27.3 Å². The van der Waals surface area contributed by atoms with Crippen LogP contribution in [0.5, 0.6) is 0 Å². The highest BCUT2D eigenvalue weighted by molar-refractivity contribution is 9.10. The molecule has 0 aliphatic carbocycles. The second-order valence-corrected chi connectivity index (χ2v) is 7.43. The smallest absolute Gasteiger partial charge is 0.323 e. The van der Waals surface area contributed by atoms with Gasteiger partial charge in [0.25, 0.3) is 0 Å². The molecular formula is C13H19BrN2O3S. The van der Waals surface area contributed by atoms with E-state index in [2.05, 4.69) is 15.9 Å². The summed E-state index contributed by atoms with van der Waals surface area (Å²) < 4.78 is 0.983. The standard InChI is InChI=1S/C13H19BrN2O3S/c1-13(2,3)16(7-11(17)18)12(19)15(4)6-10-5-9(14)8-20-10/h5,8H,6-7H2,1-4H3,(H,17,18). The molecule has 112 valence electrons. The molecule has 7 heteroatoms. The fraction of sp³-hybridized carbons (Fsp3) is 0.538. The Morgan fingerprint density at radius 3 is 2.40 bits per heavy atom. The number of carboxylic acid groups (broad SMARTS) is 1. The molecule has 1 rings (SSSR count). The molecule has 0 aromatic carbocycles. The molecule has 1 aromatic heterocycles. The lowest BCUT2D eigenvalue weighted by Crippen LogP contribution is -2.52. The lowest BCUT2D eigenvalue weighted by atomic mass is 10.1. The lowest BCUT2D eigenvalue weighted by molar-refractivity contribution is -0.138. The number of amides is 2. The van der Waals surface area contributed by atoms with Crippen LogP contribution in [0.25, 0.3) is 0 Å². The van der Waals surface area contributed by atoms with Gasteiger partial charge in [-0.2, -0.15) is 0 Å². The van der Waals surface area contributed by atoms with E-state index in [1.54, 1.807) is 18.4 Å². The van der Waals surface area contributed by atoms with Crippen molar-refractivity contribution in [3.8, 4) is 0 Å². The predicted molar refractivity (Wildman–Crippen MR) is 83.0 cm³/mol. The van der Waals surface area contributed by atoms with Crippen LogP contribution in [-0.2, 0) is 11.3 Å². The van der Waals surface area contributed by atoms with Crippen LogP contribution in [0.1, 0.15) is 25.6 Å². The van der Waals surface area contributed by atoms with Gasteiger partial charge >= 0.3 is 12.0 Å². The van der Waals surface area contributed by atoms with Crippen molar-refractivity contribution in [3.05, 3.63) is 20.8 Å². The highest BCUT2D eigenvalue weighted by Crippen LogP contribution is 2.22. The van der Waals surface area contributed by atoms with E-state index in [4.69, 9.17) is 5.11 Å². The first kappa shape index (κ1) is 17.0. The molecule has 0 saturated heterocycles. The molecule has 2 amide bonds. The van der Waals surface area contributed by atoms with Crippen molar-refractivity contribution < 1.29 is 14.7 Å². The Morgan fingerprint density at radius 2 is 2.00 bits per heavy atom. The summed E-state index contributed by atoms with van der Waals surface area (Å²) in [5.41, 5.74) is -0.542. The highest BCUT2D eigenvalue weighted by atomic mass is 79.9. The molecular weight excluding hydrogens is 344 g/mol. The van der Waals surface area contributed by atoms with Crippen LogP contribution >= 0.6 is 27.3 Å². The maximum absolute atomic E-state index is 12.4. The van der Waals surface area contributed by atoms with Gasteiger partial charge in [-0.25, -0.2) is 4.79 Å². The van der Waals surface area contributed by atoms with Gasteiger partial charge in [0.1, 0.15) is 6.54 Å². The monoisotopic (exact) mass is 362 g/mol. The van der Waals surface area contributed by atoms with Gasteiger partial charge in [-0.1, -0.05) is 0 Å². The van der Waals surface area contributed by atoms with Crippen LogP contribution < -0.4 is 0 Å². The van der Waals surface area contributed by atoms with Crippen molar-refractivity contribution in [2.24, 2.45) is 0 Å². The molecule has 5 nitrogen and oxygen atoms in total. The number of rotatable bonds is 4. The van der Waals surface area contributed by atoms with Gasteiger partial charge in [-0.05, 0) is 42.8 Å². The number of carbonyl (C=O) groups is 2. The molecule has 0 aliphatic heterocycles. The van der Waals surface area contributed by atoms with Crippen LogP contribution in [0.4, 0.5) is 4.79 Å². The second-order valence-electron chi connectivity index (χ2n) is 5.52. The summed E-state index contributed by atoms with van der Waals surface area (Å²) in [5.74, 6) is -1.01. The van der Waals surface area contributed by atoms with E-state index in [1.165, 1.54) is 9.80 Å². The van der Waals surface area contributed by atoms with Crippen LogP contribution in [0.15, 0.2) is 15.9 Å². The Morgan fingerprint density at radius 1 is 1.40 bits per heavy atom. The van der Waals surface area contributed by atoms with Crippen molar-refractivity contribution in [1.82, 2.24) is 9.80 Å². The molecule has 0 aliphatic rings. The van der Waals surface area contributed by atoms with E-state index >= 15 is 0 Å². The second kappa shape index (κ2) is 6.58. The summed E-state index contributed by atoms with van der Waals surface area (Å²) in [4.78, 5) is 27.3. The van der Waals surface area contributed by atoms with Crippen LogP contribution in [0.3, 0.4) is 0 Å². The predicted octanol–water partition coefficient (Wildman–Crippen LogP) is 3.25. The Labute approximate surface area is 131 Å². The van der Waals surface area contributed by atoms with Crippen LogP contribution in [0, 0.1) is 0 Å². The lowest BCUT2D eigenvalue weighted by Gasteiger charge is -2.37. The molecule has 20 heavy (non-hydrogen) atoms. The molecule has 1 N–H and O–H groups in total. The maximum Gasteiger partial charge on any atom is 0.323 e. The van der Waals surface area contributed by atoms with Crippen molar-refractivity contribution in [3.63, 3.8) is 0 Å². The fourth-order valence-electron chi connectivity index (χ4n) is 1.67. The summed E-state index contributed by atoms with van der Waals surface area (Å²) in [6.45, 7) is 5.62. The summed E-state index contributed by atoms with van der Waals surface area (Å²) in [7, 11) is 1.68. The molecule has 1 heterocycles. The van der Waals surface area contributed by atoms with Gasteiger partial charge in [0.05, 0.1) is 6.54 Å². The molecule has 0 unspecified atom stereocenters. The van der Waals surface area contributed by atoms with Gasteiger partial charge in [-0.3, -0.25) is 4.79 Å². The Balaban J connectivity index is 2.80. The van der Waals surface area contributed by atoms with E-state index < -0.39 is 11.5 Å². The maximum atomic E-state index is 12.4. The van der Waals surface area contributed by atoms with Crippen molar-refractivity contribution in [2.45, 2.75) is 32.9 Å². The number of hydrogen-bond donors (Lipinski definition) is 1. The highest BCUT2D eigenvalue weighted by Gasteiger charge is 2.30. The fourth-order valence-corrected chi connectivity index (χ4v) is 3.17. The topological polar surface area (TPSA) is 60.9 Å². The average molecular weight is 363 g/mol. The Hall–Kier alpha value is -1.08. The molecule has 0 atom stereocenters. The first-order chi connectivity index (χ1) is 9.11. The van der Waals surface area contributed by atoms with Gasteiger partial charge < -0.3 is 14.9 Å². The summed E-state index contributed by atoms with van der Waals surface area (Å²) in [6.07, 6.45) is 0. The third-order valence-electron chi connectivity index (χ3n) is 2.68. The van der Waals surface area contributed by atoms with Crippen molar-refractivity contribution in [1.29, 1.82) is 0 Å². The normalized spacial score (nSPS) is 11.2. The van der Waals surface area contributed by atoms with Gasteiger partial charge in [0.2, 0.25) is 0 Å². The molecule has 0 saturated carbocycles. The summed E-state index contributed by atoms with van der Waals surface area (Å²) in [5, 5.41) is 10.9. The van der Waals surface area contributed by atoms with E-state index in [0.717, 1.165) is 9.35 Å². The number of nitrogens with zero attached hydrogens (tertiary/aromatic N) is 2. The molecule has 0 radical (unpaired) electrons. The number of carboxylic acids is 1. The summed E-state index contributed by atoms with van der Waals surface area (Å²) in [6, 6.07) is 1.66. The van der Waals surface area contributed by atoms with Gasteiger partial charge in [-0.15, -0.1) is 11.3 Å². The van der Waals surface area contributed by atoms with Crippen molar-refractivity contribution in [2.75, 3.05) is 13.6 Å². The largest absolute Gasteiger partial charge is 0.480 e. The third kappa shape index (κ3) is 4.79. The van der Waals surface area contributed by atoms with Crippen LogP contribution in [-0.4, -0.2) is 46.0 Å². The average Bonchev–Trinajstić information content (AvgIpc) is 2.69. The van der Waals surface area contributed by atoms with E-state index in [-0.39, 0.29) is 12.6 Å². The first-order valence-corrected chi connectivity index (χ1v) is 7.76. The van der Waals surface area contributed by atoms with E-state index in [9.17, 15) is 9.59 Å². The molecule has 1 aromatic rings. The zero-order valence-electron chi connectivity index (χ0n) is 12.0.